The molecule has 3 rings (SSSR count). The Bertz CT molecular complexity index is 753. The van der Waals surface area contributed by atoms with Crippen molar-refractivity contribution in [2.45, 2.75) is 30.8 Å². The van der Waals surface area contributed by atoms with E-state index in [0.29, 0.717) is 0 Å². The Kier molecular flexibility index (Phi) is 6.98. The third-order valence-corrected chi connectivity index (χ3v) is 5.59. The number of pyridine rings is 1. The number of anilines is 1. The first-order valence-corrected chi connectivity index (χ1v) is 10.7. The molecule has 0 atom stereocenters. The first-order chi connectivity index (χ1) is 13.2. The lowest BCUT2D eigenvalue weighted by molar-refractivity contribution is 0.476. The highest BCUT2D eigenvalue weighted by Gasteiger charge is 2.14. The lowest BCUT2D eigenvalue weighted by atomic mass is 10.2. The molecular weight excluding hydrogens is 354 g/mol. The Morgan fingerprint density at radius 3 is 2.59 bits per heavy atom. The monoisotopic (exact) mass is 383 g/mol. The molecule has 144 valence electrons. The molecule has 0 unspecified atom stereocenters. The summed E-state index contributed by atoms with van der Waals surface area (Å²) in [6.07, 6.45) is 6.53. The van der Waals surface area contributed by atoms with E-state index in [-0.39, 0.29) is 0 Å². The summed E-state index contributed by atoms with van der Waals surface area (Å²) in [5.41, 5.74) is 2.50. The van der Waals surface area contributed by atoms with Crippen molar-refractivity contribution in [2.24, 2.45) is 4.99 Å². The number of aromatic nitrogens is 1. The molecule has 1 aliphatic rings. The summed E-state index contributed by atoms with van der Waals surface area (Å²) < 4.78 is 0. The number of guanidine groups is 1. The molecule has 0 radical (unpaired) electrons. The second-order valence-electron chi connectivity index (χ2n) is 6.82. The van der Waals surface area contributed by atoms with Crippen molar-refractivity contribution < 1.29 is 0 Å². The van der Waals surface area contributed by atoms with Crippen molar-refractivity contribution in [1.82, 2.24) is 15.2 Å². The van der Waals surface area contributed by atoms with E-state index in [0.717, 1.165) is 38.0 Å². The zero-order valence-electron chi connectivity index (χ0n) is 16.5. The number of nitrogens with zero attached hydrogens (tertiary/aromatic N) is 4. The quantitative estimate of drug-likeness (QED) is 0.469. The van der Waals surface area contributed by atoms with Crippen LogP contribution in [0.3, 0.4) is 0 Å². The fourth-order valence-electron chi connectivity index (χ4n) is 3.34. The molecular formula is C21H29N5S. The Morgan fingerprint density at radius 1 is 1.19 bits per heavy atom. The van der Waals surface area contributed by atoms with Gasteiger partial charge in [-0.1, -0.05) is 12.1 Å². The van der Waals surface area contributed by atoms with Gasteiger partial charge in [0.15, 0.2) is 5.96 Å². The number of benzene rings is 1. The molecule has 1 aromatic heterocycles. The van der Waals surface area contributed by atoms with Gasteiger partial charge in [0.05, 0.1) is 0 Å². The van der Waals surface area contributed by atoms with Crippen LogP contribution in [0.4, 0.5) is 5.82 Å². The summed E-state index contributed by atoms with van der Waals surface area (Å²) in [5, 5.41) is 3.47. The van der Waals surface area contributed by atoms with Gasteiger partial charge < -0.3 is 15.1 Å². The molecule has 0 spiro atoms. The molecule has 27 heavy (non-hydrogen) atoms. The van der Waals surface area contributed by atoms with E-state index in [2.05, 4.69) is 74.8 Å². The number of nitrogens with one attached hydrogen (secondary N) is 1. The van der Waals surface area contributed by atoms with Gasteiger partial charge in [-0.2, -0.15) is 0 Å². The molecule has 1 aromatic carbocycles. The van der Waals surface area contributed by atoms with Crippen LogP contribution < -0.4 is 10.2 Å². The maximum Gasteiger partial charge on any atom is 0.193 e. The van der Waals surface area contributed by atoms with Crippen molar-refractivity contribution in [3.8, 4) is 0 Å². The average molecular weight is 384 g/mol. The number of rotatable bonds is 6. The molecule has 0 aliphatic carbocycles. The molecule has 1 aliphatic heterocycles. The second kappa shape index (κ2) is 9.65. The number of hydrogen-bond donors (Lipinski definition) is 1. The summed E-state index contributed by atoms with van der Waals surface area (Å²) in [6, 6.07) is 13.0. The van der Waals surface area contributed by atoms with Crippen molar-refractivity contribution in [3.05, 3.63) is 53.7 Å². The molecule has 5 nitrogen and oxygen atoms in total. The zero-order valence-corrected chi connectivity index (χ0v) is 17.3. The number of thioether (sulfide) groups is 1. The van der Waals surface area contributed by atoms with Crippen LogP contribution in [-0.2, 0) is 13.1 Å². The maximum absolute atomic E-state index is 4.53. The summed E-state index contributed by atoms with van der Waals surface area (Å²) in [6.45, 7) is 3.79. The Labute approximate surface area is 166 Å². The minimum Gasteiger partial charge on any atom is -0.357 e. The Hall–Kier alpha value is -2.21. The molecule has 0 saturated carbocycles. The summed E-state index contributed by atoms with van der Waals surface area (Å²) >= 11 is 1.76. The summed E-state index contributed by atoms with van der Waals surface area (Å²) in [7, 11) is 3.90. The standard InChI is InChI=1S/C21H29N5S/c1-22-21(25(2)16-17-6-8-19(27-3)9-7-17)24-15-18-10-11-23-20(14-18)26-12-4-5-13-26/h6-11,14H,4-5,12-13,15-16H2,1-3H3,(H,22,24). The van der Waals surface area contributed by atoms with Crippen molar-refractivity contribution in [3.63, 3.8) is 0 Å². The van der Waals surface area contributed by atoms with Gasteiger partial charge in [0, 0.05) is 51.4 Å². The lowest BCUT2D eigenvalue weighted by Crippen LogP contribution is -2.38. The fraction of sp³-hybridized carbons (Fsp3) is 0.429. The summed E-state index contributed by atoms with van der Waals surface area (Å²) in [4.78, 5) is 14.8. The predicted octanol–water partition coefficient (Wildman–Crippen LogP) is 3.61. The normalized spacial score (nSPS) is 14.5. The minimum atomic E-state index is 0.742. The van der Waals surface area contributed by atoms with E-state index in [1.54, 1.807) is 11.8 Å². The third-order valence-electron chi connectivity index (χ3n) is 4.84. The van der Waals surface area contributed by atoms with E-state index in [1.807, 2.05) is 13.2 Å². The molecule has 1 fully saturated rings. The molecule has 2 aromatic rings. The van der Waals surface area contributed by atoms with Crippen LogP contribution in [0, 0.1) is 0 Å². The van der Waals surface area contributed by atoms with Crippen LogP contribution in [0.1, 0.15) is 24.0 Å². The Balaban J connectivity index is 1.57. The van der Waals surface area contributed by atoms with E-state index in [9.17, 15) is 0 Å². The van der Waals surface area contributed by atoms with Gasteiger partial charge >= 0.3 is 0 Å². The fourth-order valence-corrected chi connectivity index (χ4v) is 3.74. The van der Waals surface area contributed by atoms with Crippen LogP contribution in [0.25, 0.3) is 0 Å². The van der Waals surface area contributed by atoms with Crippen LogP contribution in [-0.4, -0.2) is 49.3 Å². The maximum atomic E-state index is 4.53. The van der Waals surface area contributed by atoms with E-state index < -0.39 is 0 Å². The number of aliphatic imine (C=N–C) groups is 1. The summed E-state index contributed by atoms with van der Waals surface area (Å²) in [5.74, 6) is 1.98. The van der Waals surface area contributed by atoms with Gasteiger partial charge in [0.1, 0.15) is 5.82 Å². The van der Waals surface area contributed by atoms with Gasteiger partial charge in [-0.15, -0.1) is 11.8 Å². The van der Waals surface area contributed by atoms with E-state index in [1.165, 1.54) is 28.9 Å². The van der Waals surface area contributed by atoms with Gasteiger partial charge in [-0.05, 0) is 54.5 Å². The van der Waals surface area contributed by atoms with Crippen molar-refractivity contribution in [2.75, 3.05) is 38.3 Å². The Morgan fingerprint density at radius 2 is 1.93 bits per heavy atom. The highest BCUT2D eigenvalue weighted by molar-refractivity contribution is 7.98. The van der Waals surface area contributed by atoms with Gasteiger partial charge in [-0.25, -0.2) is 4.98 Å². The minimum absolute atomic E-state index is 0.742. The average Bonchev–Trinajstić information content (AvgIpc) is 3.24. The topological polar surface area (TPSA) is 43.8 Å². The molecule has 0 bridgehead atoms. The van der Waals surface area contributed by atoms with Crippen molar-refractivity contribution in [1.29, 1.82) is 0 Å². The van der Waals surface area contributed by atoms with Crippen LogP contribution in [0.15, 0.2) is 52.5 Å². The molecule has 1 N–H and O–H groups in total. The third kappa shape index (κ3) is 5.39. The number of hydrogen-bond acceptors (Lipinski definition) is 4. The highest BCUT2D eigenvalue weighted by Crippen LogP contribution is 2.18. The van der Waals surface area contributed by atoms with Gasteiger partial charge in [0.2, 0.25) is 0 Å². The van der Waals surface area contributed by atoms with E-state index >= 15 is 0 Å². The lowest BCUT2D eigenvalue weighted by Gasteiger charge is -2.23. The second-order valence-corrected chi connectivity index (χ2v) is 7.70. The van der Waals surface area contributed by atoms with Gasteiger partial charge in [-0.3, -0.25) is 4.99 Å². The molecule has 6 heteroatoms. The zero-order chi connectivity index (χ0) is 19.1. The van der Waals surface area contributed by atoms with Crippen molar-refractivity contribution >= 4 is 23.5 Å². The van der Waals surface area contributed by atoms with Crippen LogP contribution >= 0.6 is 11.8 Å². The smallest absolute Gasteiger partial charge is 0.193 e. The molecule has 2 heterocycles. The SMILES string of the molecule is CN=C(NCc1ccnc(N2CCCC2)c1)N(C)Cc1ccc(SC)cc1. The first-order valence-electron chi connectivity index (χ1n) is 9.44. The van der Waals surface area contributed by atoms with Gasteiger partial charge in [0.25, 0.3) is 0 Å². The van der Waals surface area contributed by atoms with Crippen LogP contribution in [0.5, 0.6) is 0 Å². The first kappa shape index (κ1) is 19.5. The predicted molar refractivity (Wildman–Crippen MR) is 116 cm³/mol. The highest BCUT2D eigenvalue weighted by atomic mass is 32.2. The van der Waals surface area contributed by atoms with Crippen LogP contribution in [0.2, 0.25) is 0 Å². The molecule has 0 amide bonds. The molecule has 1 saturated heterocycles. The largest absolute Gasteiger partial charge is 0.357 e. The van der Waals surface area contributed by atoms with E-state index in [4.69, 9.17) is 0 Å².